The van der Waals surface area contributed by atoms with Crippen LogP contribution >= 0.6 is 23.2 Å². The van der Waals surface area contributed by atoms with Gasteiger partial charge >= 0.3 is 0 Å². The molecule has 0 aromatic heterocycles. The first-order valence-electron chi connectivity index (χ1n) is 7.82. The van der Waals surface area contributed by atoms with Crippen LogP contribution in [0.4, 0.5) is 0 Å². The first kappa shape index (κ1) is 16.5. The van der Waals surface area contributed by atoms with Gasteiger partial charge in [-0.3, -0.25) is 4.99 Å². The number of hydrogen-bond donors (Lipinski definition) is 0. The van der Waals surface area contributed by atoms with Crippen molar-refractivity contribution in [1.29, 1.82) is 0 Å². The lowest BCUT2D eigenvalue weighted by Gasteiger charge is -2.13. The number of halogens is 2. The molecule has 0 saturated heterocycles. The third-order valence-electron chi connectivity index (χ3n) is 4.15. The van der Waals surface area contributed by atoms with E-state index in [2.05, 4.69) is 43.3 Å². The molecular weight excluding hydrogens is 327 g/mol. The van der Waals surface area contributed by atoms with Gasteiger partial charge in [-0.1, -0.05) is 47.5 Å². The van der Waals surface area contributed by atoms with Crippen molar-refractivity contribution in [3.05, 3.63) is 68.7 Å². The summed E-state index contributed by atoms with van der Waals surface area (Å²) in [6.07, 6.45) is 1.88. The Labute approximate surface area is 147 Å². The van der Waals surface area contributed by atoms with Crippen LogP contribution in [0.25, 0.3) is 0 Å². The van der Waals surface area contributed by atoms with Crippen molar-refractivity contribution in [2.45, 2.75) is 12.8 Å². The molecule has 0 N–H and O–H groups in total. The lowest BCUT2D eigenvalue weighted by molar-refractivity contribution is 0.420. The highest BCUT2D eigenvalue weighted by Crippen LogP contribution is 2.32. The number of rotatable bonds is 3. The lowest BCUT2D eigenvalue weighted by atomic mass is 9.98. The number of hydrogen-bond acceptors (Lipinski definition) is 2. The molecule has 3 rings (SSSR count). The molecule has 0 fully saturated rings. The van der Waals surface area contributed by atoms with Gasteiger partial charge in [0.15, 0.2) is 0 Å². The smallest absolute Gasteiger partial charge is 0.0726 e. The monoisotopic (exact) mass is 346 g/mol. The van der Waals surface area contributed by atoms with Crippen LogP contribution in [-0.4, -0.2) is 37.8 Å². The first-order chi connectivity index (χ1) is 11.1. The van der Waals surface area contributed by atoms with Gasteiger partial charge in [0.2, 0.25) is 0 Å². The zero-order valence-electron chi connectivity index (χ0n) is 13.4. The molecule has 0 unspecified atom stereocenters. The average molecular weight is 347 g/mol. The molecule has 23 heavy (non-hydrogen) atoms. The summed E-state index contributed by atoms with van der Waals surface area (Å²) < 4.78 is 0. The second-order valence-electron chi connectivity index (χ2n) is 6.10. The molecule has 2 aromatic rings. The standard InChI is InChI=1S/C19H20Cl2N2/c1-23(2)10-9-22-19-15-6-4-3-5-13(15)7-8-16-17(19)11-14(20)12-18(16)21/h3-6,11-12H,7-10H2,1-2H3. The maximum Gasteiger partial charge on any atom is 0.0726 e. The first-order valence-corrected chi connectivity index (χ1v) is 8.57. The van der Waals surface area contributed by atoms with E-state index in [0.717, 1.165) is 47.8 Å². The lowest BCUT2D eigenvalue weighted by Crippen LogP contribution is -2.17. The predicted molar refractivity (Wildman–Crippen MR) is 99.4 cm³/mol. The molecule has 2 nitrogen and oxygen atoms in total. The highest BCUT2D eigenvalue weighted by atomic mass is 35.5. The molecule has 120 valence electrons. The van der Waals surface area contributed by atoms with Gasteiger partial charge in [0.25, 0.3) is 0 Å². The van der Waals surface area contributed by atoms with Crippen molar-refractivity contribution in [2.75, 3.05) is 27.2 Å². The van der Waals surface area contributed by atoms with E-state index >= 15 is 0 Å². The van der Waals surface area contributed by atoms with Gasteiger partial charge in [0, 0.05) is 27.7 Å². The quantitative estimate of drug-likeness (QED) is 0.799. The molecule has 0 aliphatic heterocycles. The fourth-order valence-corrected chi connectivity index (χ4v) is 3.56. The van der Waals surface area contributed by atoms with E-state index in [1.165, 1.54) is 11.1 Å². The molecule has 0 saturated carbocycles. The summed E-state index contributed by atoms with van der Waals surface area (Å²) in [6, 6.07) is 12.3. The van der Waals surface area contributed by atoms with Gasteiger partial charge in [0.1, 0.15) is 0 Å². The Kier molecular flexibility index (Phi) is 5.05. The summed E-state index contributed by atoms with van der Waals surface area (Å²) in [5.74, 6) is 0. The average Bonchev–Trinajstić information content (AvgIpc) is 2.65. The SMILES string of the molecule is CN(C)CCN=C1c2ccccc2CCc2c(Cl)cc(Cl)cc21. The zero-order valence-corrected chi connectivity index (χ0v) is 15.0. The van der Waals surface area contributed by atoms with Gasteiger partial charge in [-0.2, -0.15) is 0 Å². The van der Waals surface area contributed by atoms with Crippen molar-refractivity contribution in [1.82, 2.24) is 4.90 Å². The fourth-order valence-electron chi connectivity index (χ4n) is 2.98. The summed E-state index contributed by atoms with van der Waals surface area (Å²) in [7, 11) is 4.12. The van der Waals surface area contributed by atoms with Gasteiger partial charge in [0.05, 0.1) is 12.3 Å². The van der Waals surface area contributed by atoms with Crippen LogP contribution in [-0.2, 0) is 12.8 Å². The minimum absolute atomic E-state index is 0.661. The molecule has 0 heterocycles. The second kappa shape index (κ2) is 7.04. The van der Waals surface area contributed by atoms with Crippen LogP contribution < -0.4 is 0 Å². The van der Waals surface area contributed by atoms with E-state index in [9.17, 15) is 0 Å². The van der Waals surface area contributed by atoms with E-state index in [1.54, 1.807) is 0 Å². The van der Waals surface area contributed by atoms with Crippen LogP contribution in [0.1, 0.15) is 22.3 Å². The molecule has 1 aliphatic rings. The van der Waals surface area contributed by atoms with Crippen LogP contribution in [0.3, 0.4) is 0 Å². The number of nitrogens with zero attached hydrogens (tertiary/aromatic N) is 2. The zero-order chi connectivity index (χ0) is 16.4. The molecule has 2 aromatic carbocycles. The Hall–Kier alpha value is -1.35. The summed E-state index contributed by atoms with van der Waals surface area (Å²) in [5, 5.41) is 1.40. The van der Waals surface area contributed by atoms with Gasteiger partial charge < -0.3 is 4.90 Å². The summed E-state index contributed by atoms with van der Waals surface area (Å²) >= 11 is 12.7. The highest BCUT2D eigenvalue weighted by molar-refractivity contribution is 6.36. The van der Waals surface area contributed by atoms with Crippen LogP contribution in [0.5, 0.6) is 0 Å². The molecule has 0 radical (unpaired) electrons. The summed E-state index contributed by atoms with van der Waals surface area (Å²) in [4.78, 5) is 7.04. The Morgan fingerprint density at radius 2 is 1.83 bits per heavy atom. The molecule has 0 amide bonds. The number of aryl methyl sites for hydroxylation is 1. The Morgan fingerprint density at radius 1 is 1.04 bits per heavy atom. The van der Waals surface area contributed by atoms with Crippen molar-refractivity contribution in [2.24, 2.45) is 4.99 Å². The summed E-state index contributed by atoms with van der Waals surface area (Å²) in [5.41, 5.74) is 5.75. The minimum Gasteiger partial charge on any atom is -0.308 e. The Balaban J connectivity index is 2.15. The number of fused-ring (bicyclic) bond motifs is 2. The Morgan fingerprint density at radius 3 is 2.61 bits per heavy atom. The van der Waals surface area contributed by atoms with Crippen molar-refractivity contribution in [3.8, 4) is 0 Å². The van der Waals surface area contributed by atoms with Crippen molar-refractivity contribution >= 4 is 28.9 Å². The maximum absolute atomic E-state index is 6.46. The molecule has 0 bridgehead atoms. The van der Waals surface area contributed by atoms with Crippen LogP contribution in [0.2, 0.25) is 10.0 Å². The molecule has 0 spiro atoms. The van der Waals surface area contributed by atoms with Crippen molar-refractivity contribution < 1.29 is 0 Å². The van der Waals surface area contributed by atoms with Gasteiger partial charge in [-0.15, -0.1) is 0 Å². The maximum atomic E-state index is 6.46. The van der Waals surface area contributed by atoms with Gasteiger partial charge in [-0.05, 0) is 50.2 Å². The van der Waals surface area contributed by atoms with Crippen molar-refractivity contribution in [3.63, 3.8) is 0 Å². The number of likely N-dealkylation sites (N-methyl/N-ethyl adjacent to an activating group) is 1. The molecule has 4 heteroatoms. The third kappa shape index (κ3) is 3.60. The van der Waals surface area contributed by atoms with E-state index in [0.29, 0.717) is 5.02 Å². The van der Waals surface area contributed by atoms with E-state index in [1.807, 2.05) is 12.1 Å². The molecule has 1 aliphatic carbocycles. The third-order valence-corrected chi connectivity index (χ3v) is 4.70. The largest absolute Gasteiger partial charge is 0.308 e. The predicted octanol–water partition coefficient (Wildman–Crippen LogP) is 4.49. The molecular formula is C19H20Cl2N2. The normalized spacial score (nSPS) is 15.4. The van der Waals surface area contributed by atoms with Crippen LogP contribution in [0.15, 0.2) is 41.4 Å². The van der Waals surface area contributed by atoms with E-state index in [-0.39, 0.29) is 0 Å². The Bertz CT molecular complexity index is 751. The van der Waals surface area contributed by atoms with E-state index in [4.69, 9.17) is 28.2 Å². The number of aliphatic imine (C=N–C) groups is 1. The highest BCUT2D eigenvalue weighted by Gasteiger charge is 2.21. The summed E-state index contributed by atoms with van der Waals surface area (Å²) in [6.45, 7) is 1.66. The molecule has 0 atom stereocenters. The topological polar surface area (TPSA) is 15.6 Å². The van der Waals surface area contributed by atoms with E-state index < -0.39 is 0 Å². The van der Waals surface area contributed by atoms with Crippen LogP contribution in [0, 0.1) is 0 Å². The minimum atomic E-state index is 0.661. The fraction of sp³-hybridized carbons (Fsp3) is 0.316. The number of benzene rings is 2. The second-order valence-corrected chi connectivity index (χ2v) is 6.95. The van der Waals surface area contributed by atoms with Gasteiger partial charge in [-0.25, -0.2) is 0 Å².